The van der Waals surface area contributed by atoms with Crippen molar-refractivity contribution < 1.29 is 14.1 Å². The highest BCUT2D eigenvalue weighted by molar-refractivity contribution is 5.63. The number of nitrogens with one attached hydrogen (secondary N) is 1. The number of nitro groups is 1. The molecule has 0 aliphatic carbocycles. The zero-order valence-electron chi connectivity index (χ0n) is 11.6. The molecule has 0 aliphatic rings. The number of anilines is 1. The molecule has 0 saturated heterocycles. The number of aryl methyl sites for hydroxylation is 1. The summed E-state index contributed by atoms with van der Waals surface area (Å²) in [5.41, 5.74) is 0.428. The summed E-state index contributed by atoms with van der Waals surface area (Å²) in [5.74, 6) is -0.352. The number of nitro benzene ring substituents is 1. The van der Waals surface area contributed by atoms with E-state index in [0.717, 1.165) is 6.07 Å². The fourth-order valence-electron chi connectivity index (χ4n) is 1.72. The highest BCUT2D eigenvalue weighted by atomic mass is 19.1. The molecule has 1 aromatic rings. The van der Waals surface area contributed by atoms with Gasteiger partial charge >= 0.3 is 0 Å². The molecule has 6 heteroatoms. The first-order chi connectivity index (χ1) is 8.86. The third kappa shape index (κ3) is 3.89. The molecule has 0 aliphatic heterocycles. The van der Waals surface area contributed by atoms with E-state index in [2.05, 4.69) is 5.32 Å². The van der Waals surface area contributed by atoms with Gasteiger partial charge in [-0.15, -0.1) is 0 Å². The zero-order chi connectivity index (χ0) is 14.6. The number of hydrogen-bond donors (Lipinski definition) is 1. The highest BCUT2D eigenvalue weighted by Gasteiger charge is 2.21. The zero-order valence-corrected chi connectivity index (χ0v) is 11.6. The van der Waals surface area contributed by atoms with Crippen molar-refractivity contribution >= 4 is 11.4 Å². The van der Waals surface area contributed by atoms with Gasteiger partial charge in [-0.2, -0.15) is 0 Å². The second-order valence-corrected chi connectivity index (χ2v) is 4.83. The molecule has 0 bridgehead atoms. The molecule has 5 nitrogen and oxygen atoms in total. The lowest BCUT2D eigenvalue weighted by atomic mass is 10.0. The SMILES string of the molecule is COCC(Nc1cc(C)c(F)cc1[N+](=O)[O-])C(C)C. The number of nitrogens with zero attached hydrogens (tertiary/aromatic N) is 1. The predicted molar refractivity (Wildman–Crippen MR) is 71.9 cm³/mol. The predicted octanol–water partition coefficient (Wildman–Crippen LogP) is 3.13. The van der Waals surface area contributed by atoms with Crippen LogP contribution in [-0.4, -0.2) is 24.7 Å². The first-order valence-electron chi connectivity index (χ1n) is 6.06. The minimum atomic E-state index is -0.588. The van der Waals surface area contributed by atoms with Gasteiger partial charge in [0.05, 0.1) is 23.6 Å². The van der Waals surface area contributed by atoms with E-state index in [1.807, 2.05) is 13.8 Å². The van der Waals surface area contributed by atoms with Crippen molar-refractivity contribution in [3.8, 4) is 0 Å². The minimum Gasteiger partial charge on any atom is -0.383 e. The third-order valence-corrected chi connectivity index (χ3v) is 2.97. The van der Waals surface area contributed by atoms with Gasteiger partial charge in [-0.1, -0.05) is 13.8 Å². The summed E-state index contributed by atoms with van der Waals surface area (Å²) in [6, 6.07) is 2.33. The lowest BCUT2D eigenvalue weighted by Gasteiger charge is -2.22. The van der Waals surface area contributed by atoms with E-state index in [4.69, 9.17) is 4.74 Å². The normalized spacial score (nSPS) is 12.5. The number of hydrogen-bond acceptors (Lipinski definition) is 4. The molecule has 1 atom stereocenters. The maximum Gasteiger partial charge on any atom is 0.295 e. The van der Waals surface area contributed by atoms with E-state index in [0.29, 0.717) is 17.9 Å². The van der Waals surface area contributed by atoms with Gasteiger partial charge in [-0.05, 0) is 24.5 Å². The number of methoxy groups -OCH3 is 1. The molecule has 0 heterocycles. The van der Waals surface area contributed by atoms with Gasteiger partial charge in [0.25, 0.3) is 5.69 Å². The summed E-state index contributed by atoms with van der Waals surface area (Å²) in [4.78, 5) is 10.4. The van der Waals surface area contributed by atoms with Crippen LogP contribution < -0.4 is 5.32 Å². The summed E-state index contributed by atoms with van der Waals surface area (Å²) in [6.45, 7) is 5.97. The Morgan fingerprint density at radius 2 is 2.11 bits per heavy atom. The molecule has 0 radical (unpaired) electrons. The van der Waals surface area contributed by atoms with Crippen LogP contribution in [0.25, 0.3) is 0 Å². The van der Waals surface area contributed by atoms with E-state index in [1.165, 1.54) is 6.07 Å². The molecule has 106 valence electrons. The van der Waals surface area contributed by atoms with Gasteiger partial charge in [-0.3, -0.25) is 10.1 Å². The Kier molecular flexibility index (Phi) is 5.23. The van der Waals surface area contributed by atoms with E-state index in [-0.39, 0.29) is 17.6 Å². The van der Waals surface area contributed by atoms with E-state index in [9.17, 15) is 14.5 Å². The van der Waals surface area contributed by atoms with Crippen LogP contribution in [0.15, 0.2) is 12.1 Å². The molecular weight excluding hydrogens is 251 g/mol. The quantitative estimate of drug-likeness (QED) is 0.637. The molecule has 0 saturated carbocycles. The van der Waals surface area contributed by atoms with Gasteiger partial charge < -0.3 is 10.1 Å². The van der Waals surface area contributed by atoms with Crippen LogP contribution in [0.4, 0.5) is 15.8 Å². The lowest BCUT2D eigenvalue weighted by Crippen LogP contribution is -2.30. The molecule has 1 aromatic carbocycles. The maximum atomic E-state index is 13.4. The molecule has 1 rings (SSSR count). The lowest BCUT2D eigenvalue weighted by molar-refractivity contribution is -0.384. The van der Waals surface area contributed by atoms with Crippen LogP contribution in [0, 0.1) is 28.8 Å². The van der Waals surface area contributed by atoms with E-state index in [1.54, 1.807) is 14.0 Å². The number of halogens is 1. The molecule has 1 unspecified atom stereocenters. The Bertz CT molecular complexity index is 463. The van der Waals surface area contributed by atoms with Crippen LogP contribution in [-0.2, 0) is 4.74 Å². The first-order valence-corrected chi connectivity index (χ1v) is 6.06. The van der Waals surface area contributed by atoms with Gasteiger partial charge in [0, 0.05) is 7.11 Å². The molecule has 0 fully saturated rings. The van der Waals surface area contributed by atoms with Crippen LogP contribution in [0.2, 0.25) is 0 Å². The van der Waals surface area contributed by atoms with Crippen LogP contribution in [0.1, 0.15) is 19.4 Å². The Hall–Kier alpha value is -1.69. The highest BCUT2D eigenvalue weighted by Crippen LogP contribution is 2.28. The largest absolute Gasteiger partial charge is 0.383 e. The third-order valence-electron chi connectivity index (χ3n) is 2.97. The minimum absolute atomic E-state index is 0.0754. The van der Waals surface area contributed by atoms with E-state index >= 15 is 0 Å². The molecule has 0 aromatic heterocycles. The van der Waals surface area contributed by atoms with Gasteiger partial charge in [-0.25, -0.2) is 4.39 Å². The monoisotopic (exact) mass is 270 g/mol. The number of rotatable bonds is 6. The molecule has 1 N–H and O–H groups in total. The summed E-state index contributed by atoms with van der Waals surface area (Å²) >= 11 is 0. The van der Waals surface area contributed by atoms with Crippen molar-refractivity contribution in [2.75, 3.05) is 19.0 Å². The second-order valence-electron chi connectivity index (χ2n) is 4.83. The fourth-order valence-corrected chi connectivity index (χ4v) is 1.72. The van der Waals surface area contributed by atoms with Gasteiger partial charge in [0.1, 0.15) is 11.5 Å². The van der Waals surface area contributed by atoms with Crippen molar-refractivity contribution in [2.45, 2.75) is 26.8 Å². The Labute approximate surface area is 111 Å². The topological polar surface area (TPSA) is 64.4 Å². The van der Waals surface area contributed by atoms with Crippen molar-refractivity contribution in [3.05, 3.63) is 33.6 Å². The molecule has 19 heavy (non-hydrogen) atoms. The number of ether oxygens (including phenoxy) is 1. The molecular formula is C13H19FN2O3. The van der Waals surface area contributed by atoms with Gasteiger partial charge in [0.15, 0.2) is 0 Å². The maximum absolute atomic E-state index is 13.4. The van der Waals surface area contributed by atoms with Crippen molar-refractivity contribution in [3.63, 3.8) is 0 Å². The molecule has 0 spiro atoms. The molecule has 0 amide bonds. The van der Waals surface area contributed by atoms with Crippen LogP contribution >= 0.6 is 0 Å². The average Bonchev–Trinajstić information content (AvgIpc) is 2.32. The van der Waals surface area contributed by atoms with Crippen molar-refractivity contribution in [1.29, 1.82) is 0 Å². The first kappa shape index (κ1) is 15.4. The Balaban J connectivity index is 3.10. The van der Waals surface area contributed by atoms with Crippen LogP contribution in [0.5, 0.6) is 0 Å². The van der Waals surface area contributed by atoms with E-state index < -0.39 is 10.7 Å². The average molecular weight is 270 g/mol. The van der Waals surface area contributed by atoms with Gasteiger partial charge in [0.2, 0.25) is 0 Å². The van der Waals surface area contributed by atoms with Crippen molar-refractivity contribution in [2.24, 2.45) is 5.92 Å². The smallest absolute Gasteiger partial charge is 0.295 e. The standard InChI is InChI=1S/C13H19FN2O3/c1-8(2)12(7-19-4)15-11-5-9(3)10(14)6-13(11)16(17)18/h5-6,8,12,15H,7H2,1-4H3. The summed E-state index contributed by atoms with van der Waals surface area (Å²) in [7, 11) is 1.57. The Morgan fingerprint density at radius 3 is 2.58 bits per heavy atom. The van der Waals surface area contributed by atoms with Crippen molar-refractivity contribution in [1.82, 2.24) is 0 Å². The van der Waals surface area contributed by atoms with Crippen LogP contribution in [0.3, 0.4) is 0 Å². The Morgan fingerprint density at radius 1 is 1.47 bits per heavy atom. The summed E-state index contributed by atoms with van der Waals surface area (Å²) < 4.78 is 18.5. The summed E-state index contributed by atoms with van der Waals surface area (Å²) in [5, 5.41) is 14.0. The number of benzene rings is 1. The summed E-state index contributed by atoms with van der Waals surface area (Å²) in [6.07, 6.45) is 0. The fraction of sp³-hybridized carbons (Fsp3) is 0.538. The second kappa shape index (κ2) is 6.47.